The lowest BCUT2D eigenvalue weighted by Crippen LogP contribution is -2.47. The van der Waals surface area contributed by atoms with Gasteiger partial charge < -0.3 is 10.1 Å². The van der Waals surface area contributed by atoms with Gasteiger partial charge >= 0.3 is 5.97 Å². The fourth-order valence-corrected chi connectivity index (χ4v) is 4.87. The van der Waals surface area contributed by atoms with Crippen molar-refractivity contribution >= 4 is 16.2 Å². The molecule has 3 fully saturated rings. The summed E-state index contributed by atoms with van der Waals surface area (Å²) in [5, 5.41) is 3.24. The zero-order valence-corrected chi connectivity index (χ0v) is 12.4. The predicted molar refractivity (Wildman–Crippen MR) is 72.0 cm³/mol. The molecule has 2 heterocycles. The number of hydrogen-bond acceptors (Lipinski definition) is 5. The summed E-state index contributed by atoms with van der Waals surface area (Å²) in [7, 11) is -2.05. The SMILES string of the molecule is COC(=O)C1CCN(S(=O)(=O)NC2C3CNCC32)CC1. The van der Waals surface area contributed by atoms with Crippen LogP contribution in [0.3, 0.4) is 0 Å². The van der Waals surface area contributed by atoms with Gasteiger partial charge in [-0.2, -0.15) is 17.4 Å². The third-order valence-electron chi connectivity index (χ3n) is 4.71. The molecule has 0 aromatic carbocycles. The molecule has 2 N–H and O–H groups in total. The standard InChI is InChI=1S/C12H21N3O4S/c1-19-12(16)8-2-4-15(5-3-8)20(17,18)14-11-9-6-13-7-10(9)11/h8-11,13-14H,2-7H2,1H3. The highest BCUT2D eigenvalue weighted by Crippen LogP contribution is 2.42. The van der Waals surface area contributed by atoms with Crippen LogP contribution in [0.4, 0.5) is 0 Å². The number of piperidine rings is 2. The van der Waals surface area contributed by atoms with E-state index in [1.54, 1.807) is 0 Å². The molecular weight excluding hydrogens is 282 g/mol. The van der Waals surface area contributed by atoms with Crippen LogP contribution in [0.5, 0.6) is 0 Å². The molecule has 3 aliphatic rings. The van der Waals surface area contributed by atoms with Crippen molar-refractivity contribution in [1.82, 2.24) is 14.3 Å². The maximum atomic E-state index is 12.3. The number of fused-ring (bicyclic) bond motifs is 1. The second-order valence-electron chi connectivity index (χ2n) is 5.83. The first-order valence-corrected chi connectivity index (χ1v) is 8.53. The lowest BCUT2D eigenvalue weighted by molar-refractivity contribution is -0.146. The van der Waals surface area contributed by atoms with Gasteiger partial charge in [0.15, 0.2) is 0 Å². The smallest absolute Gasteiger partial charge is 0.308 e. The summed E-state index contributed by atoms with van der Waals surface area (Å²) < 4.78 is 33.5. The topological polar surface area (TPSA) is 87.7 Å². The van der Waals surface area contributed by atoms with E-state index < -0.39 is 10.2 Å². The molecule has 0 aromatic rings. The zero-order valence-electron chi connectivity index (χ0n) is 11.5. The minimum Gasteiger partial charge on any atom is -0.469 e. The highest BCUT2D eigenvalue weighted by atomic mass is 32.2. The first-order chi connectivity index (χ1) is 9.53. The van der Waals surface area contributed by atoms with E-state index in [2.05, 4.69) is 10.0 Å². The third kappa shape index (κ3) is 2.57. The van der Waals surface area contributed by atoms with Crippen molar-refractivity contribution in [2.45, 2.75) is 18.9 Å². The molecule has 7 nitrogen and oxygen atoms in total. The first-order valence-electron chi connectivity index (χ1n) is 7.09. The molecule has 20 heavy (non-hydrogen) atoms. The maximum absolute atomic E-state index is 12.3. The number of nitrogens with one attached hydrogen (secondary N) is 2. The van der Waals surface area contributed by atoms with Crippen molar-refractivity contribution in [1.29, 1.82) is 0 Å². The van der Waals surface area contributed by atoms with Crippen molar-refractivity contribution in [2.75, 3.05) is 33.3 Å². The van der Waals surface area contributed by atoms with Gasteiger partial charge in [0.2, 0.25) is 0 Å². The Kier molecular flexibility index (Phi) is 3.74. The molecule has 114 valence electrons. The Labute approximate surface area is 119 Å². The van der Waals surface area contributed by atoms with E-state index in [4.69, 9.17) is 4.74 Å². The van der Waals surface area contributed by atoms with E-state index in [-0.39, 0.29) is 17.9 Å². The van der Waals surface area contributed by atoms with E-state index in [1.165, 1.54) is 11.4 Å². The van der Waals surface area contributed by atoms with Crippen LogP contribution < -0.4 is 10.0 Å². The van der Waals surface area contributed by atoms with Crippen LogP contribution in [-0.4, -0.2) is 58.0 Å². The van der Waals surface area contributed by atoms with Gasteiger partial charge in [-0.05, 0) is 37.8 Å². The molecule has 2 atom stereocenters. The van der Waals surface area contributed by atoms with Crippen LogP contribution in [-0.2, 0) is 19.7 Å². The number of hydrogen-bond donors (Lipinski definition) is 2. The van der Waals surface area contributed by atoms with Crippen molar-refractivity contribution in [2.24, 2.45) is 17.8 Å². The number of ether oxygens (including phenoxy) is 1. The van der Waals surface area contributed by atoms with E-state index >= 15 is 0 Å². The van der Waals surface area contributed by atoms with Crippen LogP contribution >= 0.6 is 0 Å². The number of rotatable bonds is 4. The Hall–Kier alpha value is -0.700. The predicted octanol–water partition coefficient (Wildman–Crippen LogP) is -1.08. The number of carbonyl (C=O) groups is 1. The Bertz CT molecular complexity index is 477. The number of nitrogens with zero attached hydrogens (tertiary/aromatic N) is 1. The van der Waals surface area contributed by atoms with Crippen molar-refractivity contribution in [3.63, 3.8) is 0 Å². The normalized spacial score (nSPS) is 34.8. The number of methoxy groups -OCH3 is 1. The Morgan fingerprint density at radius 2 is 1.85 bits per heavy atom. The van der Waals surface area contributed by atoms with Gasteiger partial charge in [-0.15, -0.1) is 0 Å². The van der Waals surface area contributed by atoms with Gasteiger partial charge in [0.1, 0.15) is 0 Å². The minimum absolute atomic E-state index is 0.0968. The summed E-state index contributed by atoms with van der Waals surface area (Å²) >= 11 is 0. The van der Waals surface area contributed by atoms with E-state index in [0.29, 0.717) is 37.8 Å². The maximum Gasteiger partial charge on any atom is 0.308 e. The summed E-state index contributed by atoms with van der Waals surface area (Å²) in [5.41, 5.74) is 0. The molecule has 0 amide bonds. The molecule has 2 aliphatic heterocycles. The lowest BCUT2D eigenvalue weighted by atomic mass is 9.99. The van der Waals surface area contributed by atoms with Crippen LogP contribution in [0.1, 0.15) is 12.8 Å². The van der Waals surface area contributed by atoms with Gasteiger partial charge in [0.05, 0.1) is 13.0 Å². The monoisotopic (exact) mass is 303 g/mol. The summed E-state index contributed by atoms with van der Waals surface area (Å²) in [4.78, 5) is 11.4. The van der Waals surface area contributed by atoms with Gasteiger partial charge in [-0.25, -0.2) is 0 Å². The molecule has 0 radical (unpaired) electrons. The van der Waals surface area contributed by atoms with Crippen LogP contribution in [0, 0.1) is 17.8 Å². The minimum atomic E-state index is -3.41. The van der Waals surface area contributed by atoms with E-state index in [0.717, 1.165) is 13.1 Å². The molecular formula is C12H21N3O4S. The second-order valence-corrected chi connectivity index (χ2v) is 7.53. The second kappa shape index (κ2) is 5.25. The summed E-state index contributed by atoms with van der Waals surface area (Å²) in [6, 6.07) is 0.0968. The molecule has 2 saturated heterocycles. The van der Waals surface area contributed by atoms with Crippen LogP contribution in [0.15, 0.2) is 0 Å². The van der Waals surface area contributed by atoms with E-state index in [1.807, 2.05) is 0 Å². The quantitative estimate of drug-likeness (QED) is 0.645. The fourth-order valence-electron chi connectivity index (χ4n) is 3.34. The van der Waals surface area contributed by atoms with Gasteiger partial charge in [-0.3, -0.25) is 4.79 Å². The molecule has 0 bridgehead atoms. The van der Waals surface area contributed by atoms with Crippen molar-refractivity contribution in [3.05, 3.63) is 0 Å². The van der Waals surface area contributed by atoms with E-state index in [9.17, 15) is 13.2 Å². The average molecular weight is 303 g/mol. The molecule has 8 heteroatoms. The van der Waals surface area contributed by atoms with Gasteiger partial charge in [0, 0.05) is 19.1 Å². The fraction of sp³-hybridized carbons (Fsp3) is 0.917. The van der Waals surface area contributed by atoms with Crippen molar-refractivity contribution < 1.29 is 17.9 Å². The highest BCUT2D eigenvalue weighted by Gasteiger charge is 2.55. The van der Waals surface area contributed by atoms with Gasteiger partial charge in [0.25, 0.3) is 10.2 Å². The van der Waals surface area contributed by atoms with Gasteiger partial charge in [-0.1, -0.05) is 0 Å². The number of esters is 1. The Morgan fingerprint density at radius 3 is 2.40 bits per heavy atom. The molecule has 1 saturated carbocycles. The molecule has 0 aromatic heterocycles. The highest BCUT2D eigenvalue weighted by molar-refractivity contribution is 7.87. The lowest BCUT2D eigenvalue weighted by Gasteiger charge is -2.30. The molecule has 1 aliphatic carbocycles. The summed E-state index contributed by atoms with van der Waals surface area (Å²) in [6.45, 7) is 2.58. The number of carbonyl (C=O) groups excluding carboxylic acids is 1. The Morgan fingerprint density at radius 1 is 1.25 bits per heavy atom. The molecule has 3 rings (SSSR count). The molecule has 2 unspecified atom stereocenters. The zero-order chi connectivity index (χ0) is 14.3. The Balaban J connectivity index is 1.53. The van der Waals surface area contributed by atoms with Crippen LogP contribution in [0.2, 0.25) is 0 Å². The first kappa shape index (κ1) is 14.2. The third-order valence-corrected chi connectivity index (χ3v) is 6.32. The largest absolute Gasteiger partial charge is 0.469 e. The summed E-state index contributed by atoms with van der Waals surface area (Å²) in [5.74, 6) is 0.503. The average Bonchev–Trinajstić information content (AvgIpc) is 2.89. The van der Waals surface area contributed by atoms with Crippen LogP contribution in [0.25, 0.3) is 0 Å². The summed E-state index contributed by atoms with van der Waals surface area (Å²) in [6.07, 6.45) is 1.07. The van der Waals surface area contributed by atoms with Crippen molar-refractivity contribution in [3.8, 4) is 0 Å². The molecule has 0 spiro atoms.